The van der Waals surface area contributed by atoms with Crippen LogP contribution >= 0.6 is 0 Å². The summed E-state index contributed by atoms with van der Waals surface area (Å²) in [6.07, 6.45) is 2.22. The van der Waals surface area contributed by atoms with E-state index in [-0.39, 0.29) is 0 Å². The summed E-state index contributed by atoms with van der Waals surface area (Å²) in [4.78, 5) is 10.8. The molecule has 0 aromatic heterocycles. The van der Waals surface area contributed by atoms with Gasteiger partial charge in [-0.3, -0.25) is 4.79 Å². The molecule has 0 radical (unpaired) electrons. The number of aliphatic hydroxyl groups is 1. The van der Waals surface area contributed by atoms with Crippen molar-refractivity contribution in [1.82, 2.24) is 5.32 Å². The Balaban J connectivity index is 2.31. The minimum atomic E-state index is -4.42. The zero-order chi connectivity index (χ0) is 18.4. The molecule has 2 rings (SSSR count). The monoisotopic (exact) mass is 351 g/mol. The van der Waals surface area contributed by atoms with Gasteiger partial charge in [-0.25, -0.2) is 0 Å². The zero-order valence-electron chi connectivity index (χ0n) is 13.5. The van der Waals surface area contributed by atoms with Gasteiger partial charge in [0, 0.05) is 5.70 Å². The molecule has 134 valence electrons. The maximum absolute atomic E-state index is 12.9. The topological polar surface area (TPSA) is 63.4 Å². The maximum Gasteiger partial charge on any atom is 0.416 e. The molecule has 1 aliphatic heterocycles. The van der Waals surface area contributed by atoms with E-state index in [1.54, 1.807) is 31.2 Å². The van der Waals surface area contributed by atoms with Crippen LogP contribution in [0.25, 0.3) is 10.9 Å². The first-order valence-electron chi connectivity index (χ1n) is 7.65. The summed E-state index contributed by atoms with van der Waals surface area (Å²) in [5.41, 5.74) is 0.715. The molecule has 1 aromatic carbocycles. The molecule has 0 saturated heterocycles. The largest absolute Gasteiger partial charge is 0.680 e. The van der Waals surface area contributed by atoms with Gasteiger partial charge in [0.05, 0.1) is 11.7 Å². The summed E-state index contributed by atoms with van der Waals surface area (Å²) < 4.78 is 38.6. The van der Waals surface area contributed by atoms with E-state index in [1.807, 2.05) is 0 Å². The van der Waals surface area contributed by atoms with Crippen LogP contribution in [-0.2, 0) is 11.0 Å². The number of allylic oxidation sites excluding steroid dienone is 2. The van der Waals surface area contributed by atoms with Gasteiger partial charge < -0.3 is 15.7 Å². The van der Waals surface area contributed by atoms with Crippen molar-refractivity contribution in [3.05, 3.63) is 70.8 Å². The predicted octanol–water partition coefficient (Wildman–Crippen LogP) is 3.76. The molecule has 2 N–H and O–H groups in total. The third-order valence-electron chi connectivity index (χ3n) is 3.58. The van der Waals surface area contributed by atoms with Crippen LogP contribution in [0.4, 0.5) is 13.2 Å². The number of alkyl halides is 3. The number of carbonyl (C=O) groups excluding carboxylic acids is 1. The molecule has 1 heterocycles. The van der Waals surface area contributed by atoms with Gasteiger partial charge in [-0.1, -0.05) is 36.4 Å². The van der Waals surface area contributed by atoms with Crippen LogP contribution in [0.5, 0.6) is 0 Å². The lowest BCUT2D eigenvalue weighted by Crippen LogP contribution is -2.22. The second kappa shape index (κ2) is 8.02. The van der Waals surface area contributed by atoms with Gasteiger partial charge in [0.2, 0.25) is 6.41 Å². The molecule has 0 aliphatic carbocycles. The summed E-state index contributed by atoms with van der Waals surface area (Å²) in [5.74, 6) is 0. The minimum absolute atomic E-state index is 0.318. The van der Waals surface area contributed by atoms with E-state index in [2.05, 4.69) is 10.6 Å². The summed E-state index contributed by atoms with van der Waals surface area (Å²) in [5, 5.41) is 16.1. The number of rotatable bonds is 6. The highest BCUT2D eigenvalue weighted by Crippen LogP contribution is 2.33. The average Bonchev–Trinajstić information content (AvgIpc) is 2.58. The van der Waals surface area contributed by atoms with Crippen molar-refractivity contribution in [2.45, 2.75) is 31.7 Å². The van der Waals surface area contributed by atoms with E-state index in [1.165, 1.54) is 12.3 Å². The molecule has 1 aromatic rings. The van der Waals surface area contributed by atoms with Crippen LogP contribution in [0.3, 0.4) is 0 Å². The second-order valence-corrected chi connectivity index (χ2v) is 5.62. The SMILES string of the molecule is CC(O)C/C=C(/NC=O)C1C=C(c2cccc(C(F)(F)F)c2)C=C[N-]1. The summed E-state index contributed by atoms with van der Waals surface area (Å²) in [7, 11) is 0. The van der Waals surface area contributed by atoms with Crippen molar-refractivity contribution in [1.29, 1.82) is 0 Å². The second-order valence-electron chi connectivity index (χ2n) is 5.62. The van der Waals surface area contributed by atoms with E-state index in [0.29, 0.717) is 29.7 Å². The lowest BCUT2D eigenvalue weighted by Gasteiger charge is -2.33. The highest BCUT2D eigenvalue weighted by atomic mass is 19.4. The molecule has 25 heavy (non-hydrogen) atoms. The molecule has 0 bridgehead atoms. The third kappa shape index (κ3) is 5.22. The first-order valence-corrected chi connectivity index (χ1v) is 7.65. The van der Waals surface area contributed by atoms with E-state index < -0.39 is 23.9 Å². The van der Waals surface area contributed by atoms with Gasteiger partial charge in [-0.2, -0.15) is 19.4 Å². The average molecular weight is 351 g/mol. The Morgan fingerprint density at radius 2 is 2.20 bits per heavy atom. The Hall–Kier alpha value is -2.54. The van der Waals surface area contributed by atoms with Crippen LogP contribution < -0.4 is 5.32 Å². The van der Waals surface area contributed by atoms with Gasteiger partial charge in [-0.15, -0.1) is 0 Å². The molecule has 4 nitrogen and oxygen atoms in total. The number of halogens is 3. The molecule has 2 unspecified atom stereocenters. The van der Waals surface area contributed by atoms with Crippen molar-refractivity contribution in [2.24, 2.45) is 0 Å². The normalized spacial score (nSPS) is 19.0. The van der Waals surface area contributed by atoms with E-state index in [0.717, 1.165) is 12.1 Å². The van der Waals surface area contributed by atoms with Crippen molar-refractivity contribution in [3.8, 4) is 0 Å². The Labute approximate surface area is 143 Å². The third-order valence-corrected chi connectivity index (χ3v) is 3.58. The van der Waals surface area contributed by atoms with Crippen LogP contribution in [0, 0.1) is 0 Å². The molecule has 2 atom stereocenters. The Bertz CT molecular complexity index is 707. The smallest absolute Gasteiger partial charge is 0.416 e. The Kier molecular flexibility index (Phi) is 6.03. The standard InChI is InChI=1S/C18H18F3N2O2/c1-12(25)5-6-16(23-11-24)17-10-14(7-8-22-17)13-3-2-4-15(9-13)18(19,20)21/h2-4,6-12,17,25H,5H2,1H3,(H,23,24)/q-1/b16-6+. The molecular formula is C18H18F3N2O2-. The zero-order valence-corrected chi connectivity index (χ0v) is 13.5. The quantitative estimate of drug-likeness (QED) is 0.767. The minimum Gasteiger partial charge on any atom is -0.680 e. The fraction of sp³-hybridized carbons (Fsp3) is 0.278. The van der Waals surface area contributed by atoms with Crippen LogP contribution in [0.1, 0.15) is 24.5 Å². The fourth-order valence-electron chi connectivity index (χ4n) is 2.35. The van der Waals surface area contributed by atoms with Crippen molar-refractivity contribution in [2.75, 3.05) is 0 Å². The van der Waals surface area contributed by atoms with Crippen molar-refractivity contribution in [3.63, 3.8) is 0 Å². The van der Waals surface area contributed by atoms with Crippen molar-refractivity contribution < 1.29 is 23.1 Å². The van der Waals surface area contributed by atoms with Gasteiger partial charge in [0.25, 0.3) is 0 Å². The molecule has 0 fully saturated rings. The van der Waals surface area contributed by atoms with Crippen LogP contribution in [0.15, 0.2) is 54.4 Å². The van der Waals surface area contributed by atoms with Gasteiger partial charge >= 0.3 is 6.18 Å². The highest BCUT2D eigenvalue weighted by Gasteiger charge is 2.30. The summed E-state index contributed by atoms with van der Waals surface area (Å²) >= 11 is 0. The Morgan fingerprint density at radius 3 is 2.84 bits per heavy atom. The number of hydrogen-bond acceptors (Lipinski definition) is 2. The lowest BCUT2D eigenvalue weighted by molar-refractivity contribution is -0.137. The highest BCUT2D eigenvalue weighted by molar-refractivity contribution is 5.78. The number of aliphatic hydroxyl groups excluding tert-OH is 1. The van der Waals surface area contributed by atoms with E-state index in [9.17, 15) is 23.1 Å². The van der Waals surface area contributed by atoms with Crippen LogP contribution in [-0.4, -0.2) is 23.7 Å². The molecule has 7 heteroatoms. The van der Waals surface area contributed by atoms with Gasteiger partial charge in [-0.05, 0) is 36.6 Å². The molecule has 1 aliphatic rings. The number of benzene rings is 1. The maximum atomic E-state index is 12.9. The molecule has 0 spiro atoms. The van der Waals surface area contributed by atoms with Gasteiger partial charge in [0.15, 0.2) is 0 Å². The number of carbonyl (C=O) groups is 1. The summed E-state index contributed by atoms with van der Waals surface area (Å²) in [6, 6.07) is 4.48. The predicted molar refractivity (Wildman–Crippen MR) is 89.3 cm³/mol. The summed E-state index contributed by atoms with van der Waals surface area (Å²) in [6.45, 7) is 1.61. The fourth-order valence-corrected chi connectivity index (χ4v) is 2.35. The number of nitrogens with one attached hydrogen (secondary N) is 1. The number of hydrogen-bond donors (Lipinski definition) is 2. The first-order chi connectivity index (χ1) is 11.8. The molecular weight excluding hydrogens is 333 g/mol. The van der Waals surface area contributed by atoms with Gasteiger partial charge in [0.1, 0.15) is 0 Å². The van der Waals surface area contributed by atoms with Crippen LogP contribution in [0.2, 0.25) is 0 Å². The van der Waals surface area contributed by atoms with E-state index >= 15 is 0 Å². The molecule has 1 amide bonds. The molecule has 0 saturated carbocycles. The first kappa shape index (κ1) is 18.8. The Morgan fingerprint density at radius 1 is 1.44 bits per heavy atom. The lowest BCUT2D eigenvalue weighted by atomic mass is 9.97. The number of nitrogens with zero attached hydrogens (tertiary/aromatic N) is 1. The number of amides is 1. The van der Waals surface area contributed by atoms with E-state index in [4.69, 9.17) is 0 Å². The van der Waals surface area contributed by atoms with Crippen molar-refractivity contribution >= 4 is 12.0 Å².